The lowest BCUT2D eigenvalue weighted by atomic mass is 10.0. The lowest BCUT2D eigenvalue weighted by Gasteiger charge is -2.17. The third kappa shape index (κ3) is 6.89. The van der Waals surface area contributed by atoms with Crippen LogP contribution in [0.3, 0.4) is 0 Å². The molecule has 1 atom stereocenters. The minimum Gasteiger partial charge on any atom is -0.487 e. The number of amides is 1. The van der Waals surface area contributed by atoms with Gasteiger partial charge < -0.3 is 19.3 Å². The summed E-state index contributed by atoms with van der Waals surface area (Å²) < 4.78 is 31.9. The summed E-state index contributed by atoms with van der Waals surface area (Å²) in [7, 11) is 1.54. The maximum atomic E-state index is 14.9. The van der Waals surface area contributed by atoms with Crippen molar-refractivity contribution in [1.29, 1.82) is 0 Å². The van der Waals surface area contributed by atoms with Crippen LogP contribution in [0.15, 0.2) is 48.8 Å². The number of methoxy groups -OCH3 is 1. The lowest BCUT2D eigenvalue weighted by Crippen LogP contribution is -2.25. The van der Waals surface area contributed by atoms with Gasteiger partial charge in [0.15, 0.2) is 11.6 Å². The number of aliphatic hydroxyl groups is 1. The van der Waals surface area contributed by atoms with E-state index in [-0.39, 0.29) is 12.4 Å². The Morgan fingerprint density at radius 3 is 2.64 bits per heavy atom. The first-order valence-corrected chi connectivity index (χ1v) is 14.0. The van der Waals surface area contributed by atoms with Crippen LogP contribution < -0.4 is 14.8 Å². The topological polar surface area (TPSA) is 129 Å². The highest BCUT2D eigenvalue weighted by atomic mass is 32.1. The standard InChI is InChI=1S/C30H30FN5O5S/c1-16-8-20(27-23(9-16)35-26(39-5)14-33-27)28-36-22-10-21(31)24(11-25(22)42-28)40-15-17(2)41-29(37)34-19-7-6-18(32-13-19)12-30(3,4)38/h6-11,13-14,17,38H,12,15H2,1-5H3,(H,34,37)/t17-/m1/s1. The van der Waals surface area contributed by atoms with E-state index in [0.717, 1.165) is 15.8 Å². The summed E-state index contributed by atoms with van der Waals surface area (Å²) in [4.78, 5) is 30.2. The minimum atomic E-state index is -0.886. The van der Waals surface area contributed by atoms with E-state index in [1.807, 2.05) is 19.1 Å². The maximum Gasteiger partial charge on any atom is 0.412 e. The fraction of sp³-hybridized carbons (Fsp3) is 0.300. The zero-order chi connectivity index (χ0) is 30.0. The van der Waals surface area contributed by atoms with E-state index in [1.54, 1.807) is 45.2 Å². The summed E-state index contributed by atoms with van der Waals surface area (Å²) in [6.45, 7) is 6.93. The molecule has 0 saturated carbocycles. The van der Waals surface area contributed by atoms with Crippen molar-refractivity contribution in [3.63, 3.8) is 0 Å². The van der Waals surface area contributed by atoms with Crippen LogP contribution in [0.2, 0.25) is 0 Å². The molecule has 0 aliphatic rings. The Kier molecular flexibility index (Phi) is 8.19. The van der Waals surface area contributed by atoms with Crippen molar-refractivity contribution in [2.75, 3.05) is 19.0 Å². The molecule has 0 aliphatic heterocycles. The van der Waals surface area contributed by atoms with E-state index in [1.165, 1.54) is 30.7 Å². The van der Waals surface area contributed by atoms with E-state index in [2.05, 4.69) is 25.3 Å². The van der Waals surface area contributed by atoms with E-state index in [9.17, 15) is 14.3 Å². The Morgan fingerprint density at radius 2 is 1.93 bits per heavy atom. The quantitative estimate of drug-likeness (QED) is 0.209. The van der Waals surface area contributed by atoms with Crippen LogP contribution in [0.4, 0.5) is 14.9 Å². The number of pyridine rings is 1. The highest BCUT2D eigenvalue weighted by Gasteiger charge is 2.18. The number of hydrogen-bond donors (Lipinski definition) is 2. The van der Waals surface area contributed by atoms with Crippen LogP contribution in [-0.4, -0.2) is 56.6 Å². The number of carbonyl (C=O) groups is 1. The Bertz CT molecular complexity index is 1750. The first-order valence-electron chi connectivity index (χ1n) is 13.2. The van der Waals surface area contributed by atoms with Gasteiger partial charge in [-0.1, -0.05) is 0 Å². The number of halogens is 1. The highest BCUT2D eigenvalue weighted by molar-refractivity contribution is 7.21. The number of benzene rings is 2. The first-order chi connectivity index (χ1) is 20.0. The summed E-state index contributed by atoms with van der Waals surface area (Å²) in [5.41, 5.74) is 3.85. The van der Waals surface area contributed by atoms with Crippen molar-refractivity contribution in [3.8, 4) is 22.2 Å². The number of nitrogens with one attached hydrogen (secondary N) is 1. The Balaban J connectivity index is 1.24. The zero-order valence-corrected chi connectivity index (χ0v) is 24.6. The Hall–Kier alpha value is -4.42. The number of hydrogen-bond acceptors (Lipinski definition) is 10. The largest absolute Gasteiger partial charge is 0.487 e. The molecule has 5 rings (SSSR count). The number of aryl methyl sites for hydroxylation is 1. The van der Waals surface area contributed by atoms with E-state index < -0.39 is 23.6 Å². The van der Waals surface area contributed by atoms with Gasteiger partial charge in [-0.15, -0.1) is 11.3 Å². The second kappa shape index (κ2) is 11.8. The molecule has 12 heteroatoms. The minimum absolute atomic E-state index is 0.0267. The molecule has 2 aromatic carbocycles. The van der Waals surface area contributed by atoms with E-state index in [4.69, 9.17) is 14.2 Å². The number of anilines is 1. The molecule has 10 nitrogen and oxygen atoms in total. The molecule has 0 fully saturated rings. The summed E-state index contributed by atoms with van der Waals surface area (Å²) in [5, 5.41) is 13.2. The molecule has 2 N–H and O–H groups in total. The molecule has 218 valence electrons. The van der Waals surface area contributed by atoms with Crippen LogP contribution in [0.25, 0.3) is 31.8 Å². The van der Waals surface area contributed by atoms with Crippen molar-refractivity contribution in [3.05, 3.63) is 65.9 Å². The van der Waals surface area contributed by atoms with E-state index >= 15 is 0 Å². The van der Waals surface area contributed by atoms with Gasteiger partial charge in [0.05, 0.1) is 52.0 Å². The number of nitrogens with zero attached hydrogens (tertiary/aromatic N) is 4. The number of thiazole rings is 1. The number of fused-ring (bicyclic) bond motifs is 2. The number of ether oxygens (including phenoxy) is 3. The molecule has 0 spiro atoms. The third-order valence-electron chi connectivity index (χ3n) is 6.12. The average Bonchev–Trinajstić information content (AvgIpc) is 3.33. The SMILES string of the molecule is COc1cnc2c(-c3nc4cc(F)c(OC[C@@H](C)OC(=O)Nc5ccc(CC(C)(C)O)nc5)cc4s3)cc(C)cc2n1. The predicted molar refractivity (Wildman–Crippen MR) is 159 cm³/mol. The molecule has 42 heavy (non-hydrogen) atoms. The smallest absolute Gasteiger partial charge is 0.412 e. The summed E-state index contributed by atoms with van der Waals surface area (Å²) in [5.74, 6) is -0.136. The van der Waals surface area contributed by atoms with Gasteiger partial charge in [0.1, 0.15) is 17.7 Å². The highest BCUT2D eigenvalue weighted by Crippen LogP contribution is 2.37. The van der Waals surface area contributed by atoms with Gasteiger partial charge in [-0.2, -0.15) is 0 Å². The summed E-state index contributed by atoms with van der Waals surface area (Å²) in [6.07, 6.45) is 2.05. The van der Waals surface area contributed by atoms with Gasteiger partial charge in [0.25, 0.3) is 0 Å². The third-order valence-corrected chi connectivity index (χ3v) is 7.17. The lowest BCUT2D eigenvalue weighted by molar-refractivity contribution is 0.0798. The van der Waals surface area contributed by atoms with Crippen LogP contribution in [0.1, 0.15) is 32.0 Å². The predicted octanol–water partition coefficient (Wildman–Crippen LogP) is 6.09. The van der Waals surface area contributed by atoms with Crippen molar-refractivity contribution >= 4 is 44.4 Å². The van der Waals surface area contributed by atoms with Crippen LogP contribution in [-0.2, 0) is 11.2 Å². The van der Waals surface area contributed by atoms with Crippen LogP contribution in [0.5, 0.6) is 11.6 Å². The molecule has 3 heterocycles. The normalized spacial score (nSPS) is 12.4. The fourth-order valence-corrected chi connectivity index (χ4v) is 5.28. The van der Waals surface area contributed by atoms with Crippen molar-refractivity contribution < 1.29 is 28.5 Å². The van der Waals surface area contributed by atoms with Gasteiger partial charge in [-0.25, -0.2) is 24.1 Å². The van der Waals surface area contributed by atoms with Gasteiger partial charge >= 0.3 is 6.09 Å². The fourth-order valence-electron chi connectivity index (χ4n) is 4.28. The maximum absolute atomic E-state index is 14.9. The number of rotatable bonds is 9. The molecule has 5 aromatic rings. The van der Waals surface area contributed by atoms with Crippen molar-refractivity contribution in [2.45, 2.75) is 45.8 Å². The van der Waals surface area contributed by atoms with E-state index in [0.29, 0.717) is 45.2 Å². The van der Waals surface area contributed by atoms with Gasteiger partial charge in [0.2, 0.25) is 5.88 Å². The van der Waals surface area contributed by atoms with Crippen LogP contribution >= 0.6 is 11.3 Å². The van der Waals surface area contributed by atoms with Crippen molar-refractivity contribution in [2.24, 2.45) is 0 Å². The molecular weight excluding hydrogens is 561 g/mol. The summed E-state index contributed by atoms with van der Waals surface area (Å²) >= 11 is 1.38. The molecule has 1 amide bonds. The Labute approximate surface area is 245 Å². The first kappa shape index (κ1) is 29.1. The summed E-state index contributed by atoms with van der Waals surface area (Å²) in [6, 6.07) is 10.2. The average molecular weight is 592 g/mol. The zero-order valence-electron chi connectivity index (χ0n) is 23.8. The van der Waals surface area contributed by atoms with Crippen LogP contribution in [0, 0.1) is 12.7 Å². The monoisotopic (exact) mass is 591 g/mol. The molecule has 0 unspecified atom stereocenters. The molecule has 0 saturated heterocycles. The Morgan fingerprint density at radius 1 is 1.12 bits per heavy atom. The van der Waals surface area contributed by atoms with Gasteiger partial charge in [-0.3, -0.25) is 10.3 Å². The molecule has 0 radical (unpaired) electrons. The molecular formula is C30H30FN5O5S. The number of aromatic nitrogens is 4. The molecule has 0 bridgehead atoms. The molecule has 3 aromatic heterocycles. The van der Waals surface area contributed by atoms with Gasteiger partial charge in [0, 0.05) is 29.8 Å². The molecule has 0 aliphatic carbocycles. The van der Waals surface area contributed by atoms with Gasteiger partial charge in [-0.05, 0) is 57.5 Å². The number of carbonyl (C=O) groups excluding carboxylic acids is 1. The second-order valence-corrected chi connectivity index (χ2v) is 11.6. The van der Waals surface area contributed by atoms with Crippen molar-refractivity contribution in [1.82, 2.24) is 19.9 Å². The second-order valence-electron chi connectivity index (χ2n) is 10.5.